The molecule has 4 rings (SSSR count). The largest absolute Gasteiger partial charge is 0.459 e. The van der Waals surface area contributed by atoms with Crippen molar-refractivity contribution < 1.29 is 18.7 Å². The number of ether oxygens (including phenoxy) is 1. The Morgan fingerprint density at radius 2 is 1.88 bits per heavy atom. The van der Waals surface area contributed by atoms with Gasteiger partial charge in [-0.2, -0.15) is 4.68 Å². The van der Waals surface area contributed by atoms with Gasteiger partial charge in [-0.1, -0.05) is 23.7 Å². The lowest BCUT2D eigenvalue weighted by molar-refractivity contribution is -0.133. The quantitative estimate of drug-likeness (QED) is 0.397. The minimum absolute atomic E-state index is 0.227. The molecule has 0 aliphatic rings. The number of halogens is 1. The van der Waals surface area contributed by atoms with Crippen LogP contribution in [0.25, 0.3) is 17.0 Å². The van der Waals surface area contributed by atoms with E-state index in [1.807, 2.05) is 18.2 Å². The molecule has 2 aromatic heterocycles. The fraction of sp³-hybridized carbons (Fsp3) is 0.136. The Morgan fingerprint density at radius 1 is 1.09 bits per heavy atom. The van der Waals surface area contributed by atoms with Crippen LogP contribution in [0.2, 0.25) is 5.02 Å². The molecule has 0 atom stereocenters. The van der Waals surface area contributed by atoms with E-state index in [9.17, 15) is 9.59 Å². The molecule has 0 spiro atoms. The monoisotopic (exact) mass is 451 g/mol. The second kappa shape index (κ2) is 9.44. The zero-order valence-electron chi connectivity index (χ0n) is 17.0. The van der Waals surface area contributed by atoms with Gasteiger partial charge in [0.15, 0.2) is 6.61 Å². The fourth-order valence-corrected chi connectivity index (χ4v) is 3.11. The number of furan rings is 1. The lowest BCUT2D eigenvalue weighted by Gasteiger charge is -2.16. The highest BCUT2D eigenvalue weighted by atomic mass is 35.5. The van der Waals surface area contributed by atoms with Gasteiger partial charge in [0, 0.05) is 17.6 Å². The highest BCUT2D eigenvalue weighted by Crippen LogP contribution is 2.24. The van der Waals surface area contributed by atoms with Crippen LogP contribution in [0.3, 0.4) is 0 Å². The summed E-state index contributed by atoms with van der Waals surface area (Å²) >= 11 is 5.91. The standard InChI is InChI=1S/C22H18ClN5O4/c1-27(12-17-10-11-20(32-17)15-6-8-16(23)9-7-15)21(29)13-31-22(30)18-4-2-3-5-19(18)28-14-24-25-26-28/h2-11,14H,12-13H2,1H3. The molecule has 0 aliphatic carbocycles. The number of esters is 1. The summed E-state index contributed by atoms with van der Waals surface area (Å²) in [5, 5.41) is 11.6. The molecule has 162 valence electrons. The van der Waals surface area contributed by atoms with Crippen LogP contribution >= 0.6 is 11.6 Å². The molecule has 10 heteroatoms. The summed E-state index contributed by atoms with van der Waals surface area (Å²) in [7, 11) is 1.61. The van der Waals surface area contributed by atoms with Gasteiger partial charge in [0.1, 0.15) is 17.8 Å². The molecule has 0 fully saturated rings. The van der Waals surface area contributed by atoms with E-state index in [0.29, 0.717) is 22.2 Å². The van der Waals surface area contributed by atoms with Crippen molar-refractivity contribution in [2.45, 2.75) is 6.54 Å². The molecule has 0 saturated carbocycles. The fourth-order valence-electron chi connectivity index (χ4n) is 2.99. The highest BCUT2D eigenvalue weighted by molar-refractivity contribution is 6.30. The zero-order valence-corrected chi connectivity index (χ0v) is 17.8. The second-order valence-corrected chi connectivity index (χ2v) is 7.31. The van der Waals surface area contributed by atoms with Crippen LogP contribution in [-0.4, -0.2) is 50.6 Å². The lowest BCUT2D eigenvalue weighted by atomic mass is 10.2. The van der Waals surface area contributed by atoms with Gasteiger partial charge < -0.3 is 14.1 Å². The number of benzene rings is 2. The smallest absolute Gasteiger partial charge is 0.340 e. The third-order valence-electron chi connectivity index (χ3n) is 4.66. The molecule has 0 unspecified atom stereocenters. The number of hydrogen-bond donors (Lipinski definition) is 0. The Balaban J connectivity index is 1.35. The van der Waals surface area contributed by atoms with Gasteiger partial charge in [-0.25, -0.2) is 4.79 Å². The maximum atomic E-state index is 12.5. The first-order valence-corrected chi connectivity index (χ1v) is 9.97. The van der Waals surface area contributed by atoms with Crippen molar-refractivity contribution in [2.24, 2.45) is 0 Å². The maximum Gasteiger partial charge on any atom is 0.340 e. The topological polar surface area (TPSA) is 103 Å². The van der Waals surface area contributed by atoms with E-state index in [1.54, 1.807) is 49.5 Å². The Kier molecular flexibility index (Phi) is 6.27. The summed E-state index contributed by atoms with van der Waals surface area (Å²) in [5.74, 6) is 0.243. The Hall–Kier alpha value is -3.98. The van der Waals surface area contributed by atoms with Crippen LogP contribution in [0.5, 0.6) is 0 Å². The highest BCUT2D eigenvalue weighted by Gasteiger charge is 2.18. The van der Waals surface area contributed by atoms with Gasteiger partial charge in [-0.3, -0.25) is 4.79 Å². The molecule has 2 aromatic carbocycles. The summed E-state index contributed by atoms with van der Waals surface area (Å²) in [5.41, 5.74) is 1.58. The lowest BCUT2D eigenvalue weighted by Crippen LogP contribution is -2.30. The minimum atomic E-state index is -0.652. The molecule has 4 aromatic rings. The van der Waals surface area contributed by atoms with E-state index >= 15 is 0 Å². The van der Waals surface area contributed by atoms with Gasteiger partial charge in [-0.15, -0.1) is 5.10 Å². The van der Waals surface area contributed by atoms with Gasteiger partial charge in [0.25, 0.3) is 5.91 Å². The number of nitrogens with zero attached hydrogens (tertiary/aromatic N) is 5. The molecular weight excluding hydrogens is 434 g/mol. The van der Waals surface area contributed by atoms with Crippen molar-refractivity contribution in [3.05, 3.63) is 83.3 Å². The number of rotatable bonds is 7. The van der Waals surface area contributed by atoms with Crippen LogP contribution in [0, 0.1) is 0 Å². The Bertz CT molecular complexity index is 1220. The first-order chi connectivity index (χ1) is 15.5. The van der Waals surface area contributed by atoms with Crippen molar-refractivity contribution in [3.8, 4) is 17.0 Å². The molecule has 32 heavy (non-hydrogen) atoms. The number of tetrazole rings is 1. The SMILES string of the molecule is CN(Cc1ccc(-c2ccc(Cl)cc2)o1)C(=O)COC(=O)c1ccccc1-n1cnnn1. The molecule has 2 heterocycles. The zero-order chi connectivity index (χ0) is 22.5. The summed E-state index contributed by atoms with van der Waals surface area (Å²) < 4.78 is 12.4. The van der Waals surface area contributed by atoms with Gasteiger partial charge in [0.05, 0.1) is 17.8 Å². The first-order valence-electron chi connectivity index (χ1n) is 9.59. The Morgan fingerprint density at radius 3 is 2.62 bits per heavy atom. The molecular formula is C22H18ClN5O4. The molecule has 0 radical (unpaired) electrons. The number of carbonyl (C=O) groups is 2. The summed E-state index contributed by atoms with van der Waals surface area (Å²) in [6.07, 6.45) is 1.37. The summed E-state index contributed by atoms with van der Waals surface area (Å²) in [6, 6.07) is 17.6. The number of para-hydroxylation sites is 1. The van der Waals surface area contributed by atoms with E-state index in [2.05, 4.69) is 15.5 Å². The van der Waals surface area contributed by atoms with Crippen molar-refractivity contribution in [3.63, 3.8) is 0 Å². The average Bonchev–Trinajstić information content (AvgIpc) is 3.50. The summed E-state index contributed by atoms with van der Waals surface area (Å²) in [6.45, 7) is -0.185. The second-order valence-electron chi connectivity index (χ2n) is 6.87. The van der Waals surface area contributed by atoms with Crippen molar-refractivity contribution in [1.29, 1.82) is 0 Å². The van der Waals surface area contributed by atoms with Crippen molar-refractivity contribution >= 4 is 23.5 Å². The number of aromatic nitrogens is 4. The predicted octanol–water partition coefficient (Wildman–Crippen LogP) is 3.39. The number of amides is 1. The number of carbonyl (C=O) groups excluding carboxylic acids is 2. The molecule has 9 nitrogen and oxygen atoms in total. The minimum Gasteiger partial charge on any atom is -0.459 e. The van der Waals surface area contributed by atoms with Crippen LogP contribution in [0.1, 0.15) is 16.1 Å². The van der Waals surface area contributed by atoms with E-state index in [4.69, 9.17) is 20.8 Å². The number of likely N-dealkylation sites (N-methyl/N-ethyl adjacent to an activating group) is 1. The van der Waals surface area contributed by atoms with Crippen LogP contribution in [-0.2, 0) is 16.1 Å². The molecule has 0 aliphatic heterocycles. The van der Waals surface area contributed by atoms with E-state index < -0.39 is 12.6 Å². The third kappa shape index (κ3) is 4.84. The van der Waals surface area contributed by atoms with E-state index in [1.165, 1.54) is 15.9 Å². The normalized spacial score (nSPS) is 10.7. The van der Waals surface area contributed by atoms with E-state index in [0.717, 1.165) is 5.56 Å². The van der Waals surface area contributed by atoms with Crippen molar-refractivity contribution in [2.75, 3.05) is 13.7 Å². The third-order valence-corrected chi connectivity index (χ3v) is 4.91. The van der Waals surface area contributed by atoms with Crippen LogP contribution < -0.4 is 0 Å². The van der Waals surface area contributed by atoms with Crippen LogP contribution in [0.15, 0.2) is 71.4 Å². The van der Waals surface area contributed by atoms with Gasteiger partial charge in [-0.05, 0) is 59.0 Å². The van der Waals surface area contributed by atoms with Gasteiger partial charge >= 0.3 is 5.97 Å². The van der Waals surface area contributed by atoms with E-state index in [-0.39, 0.29) is 18.0 Å². The van der Waals surface area contributed by atoms with Gasteiger partial charge in [0.2, 0.25) is 0 Å². The molecule has 0 saturated heterocycles. The maximum absolute atomic E-state index is 12.5. The van der Waals surface area contributed by atoms with Crippen molar-refractivity contribution in [1.82, 2.24) is 25.1 Å². The summed E-state index contributed by atoms with van der Waals surface area (Å²) in [4.78, 5) is 26.4. The average molecular weight is 452 g/mol. The molecule has 1 amide bonds. The van der Waals surface area contributed by atoms with Crippen LogP contribution in [0.4, 0.5) is 0 Å². The molecule has 0 N–H and O–H groups in total. The Labute approximate surface area is 188 Å². The first kappa shape index (κ1) is 21.3. The number of hydrogen-bond acceptors (Lipinski definition) is 7. The molecule has 0 bridgehead atoms. The predicted molar refractivity (Wildman–Crippen MR) is 115 cm³/mol.